The van der Waals surface area contributed by atoms with Crippen LogP contribution in [0.5, 0.6) is 0 Å². The summed E-state index contributed by atoms with van der Waals surface area (Å²) in [4.78, 5) is 3.59. The minimum Gasteiger partial charge on any atom is -0.370 e. The van der Waals surface area contributed by atoms with E-state index >= 15 is 0 Å². The molecule has 0 aromatic heterocycles. The molecule has 0 atom stereocenters. The Balaban J connectivity index is -0.00000128. The van der Waals surface area contributed by atoms with Gasteiger partial charge in [0.05, 0.1) is 0 Å². The van der Waals surface area contributed by atoms with Crippen LogP contribution in [-0.4, -0.2) is 18.5 Å². The van der Waals surface area contributed by atoms with Crippen molar-refractivity contribution >= 4 is 36.7 Å². The van der Waals surface area contributed by atoms with E-state index in [-0.39, 0.29) is 36.7 Å². The minimum atomic E-state index is -0.0709. The second kappa shape index (κ2) is 17.3. The molecular weight excluding hydrogens is 285 g/mol. The highest BCUT2D eigenvalue weighted by molar-refractivity contribution is 5.91. The summed E-state index contributed by atoms with van der Waals surface area (Å²) in [5, 5.41) is 10.2. The molecule has 6 N–H and O–H groups in total. The fourth-order valence-corrected chi connectivity index (χ4v) is 1.63. The average Bonchev–Trinajstić information content (AvgIpc) is 2.26. The number of nitrogens with zero attached hydrogens (tertiary/aromatic N) is 1. The molecule has 7 heteroatoms. The molecule has 0 radical (unpaired) electrons. The highest BCUT2D eigenvalue weighted by Gasteiger charge is 1.94. The zero-order valence-electron chi connectivity index (χ0n) is 11.8. The van der Waals surface area contributed by atoms with Crippen molar-refractivity contribution in [1.29, 1.82) is 5.41 Å². The quantitative estimate of drug-likeness (QED) is 0.299. The van der Waals surface area contributed by atoms with Gasteiger partial charge in [-0.3, -0.25) is 5.41 Å². The van der Waals surface area contributed by atoms with Crippen molar-refractivity contribution in [2.75, 3.05) is 6.54 Å². The second-order valence-corrected chi connectivity index (χ2v) is 4.29. The van der Waals surface area contributed by atoms with Gasteiger partial charge in [0, 0.05) is 6.54 Å². The van der Waals surface area contributed by atoms with Crippen molar-refractivity contribution in [2.45, 2.75) is 58.3 Å². The third-order valence-electron chi connectivity index (χ3n) is 2.56. The predicted octanol–water partition coefficient (Wildman–Crippen LogP) is 2.77. The molecule has 0 aromatic carbocycles. The summed E-state index contributed by atoms with van der Waals surface area (Å²) in [6, 6.07) is 0. The molecule has 0 rings (SSSR count). The number of unbranched alkanes of at least 4 members (excludes halogenated alkanes) is 7. The van der Waals surface area contributed by atoms with E-state index in [4.69, 9.17) is 16.9 Å². The Labute approximate surface area is 129 Å². The fourth-order valence-electron chi connectivity index (χ4n) is 1.63. The van der Waals surface area contributed by atoms with Crippen LogP contribution in [0.1, 0.15) is 58.3 Å². The van der Waals surface area contributed by atoms with Crippen molar-refractivity contribution in [3.63, 3.8) is 0 Å². The number of aliphatic imine (C=N–C) groups is 1. The lowest BCUT2D eigenvalue weighted by atomic mass is 10.1. The van der Waals surface area contributed by atoms with Gasteiger partial charge in [0.2, 0.25) is 5.96 Å². The maximum atomic E-state index is 7.35. The SMILES string of the molecule is CCCCCCCCCCNC(=N)N=C(N)N.Cl.Cl. The first kappa shape index (κ1) is 23.4. The molecule has 0 aliphatic heterocycles. The molecule has 0 spiro atoms. The lowest BCUT2D eigenvalue weighted by Gasteiger charge is -2.04. The number of rotatable bonds is 9. The van der Waals surface area contributed by atoms with Gasteiger partial charge in [0.15, 0.2) is 5.96 Å². The predicted molar refractivity (Wildman–Crippen MR) is 88.6 cm³/mol. The lowest BCUT2D eigenvalue weighted by Crippen LogP contribution is -2.29. The molecule has 0 unspecified atom stereocenters. The van der Waals surface area contributed by atoms with Gasteiger partial charge < -0.3 is 16.8 Å². The highest BCUT2D eigenvalue weighted by Crippen LogP contribution is 2.07. The Morgan fingerprint density at radius 1 is 0.947 bits per heavy atom. The first-order chi connectivity index (χ1) is 8.16. The number of halogens is 2. The molecule has 0 amide bonds. The standard InChI is InChI=1S/C12H27N5.2ClH/c1-2-3-4-5-6-7-8-9-10-16-12(15)17-11(13)14;;/h2-10H2,1H3,(H6,13,14,15,16,17);2*1H. The first-order valence-corrected chi connectivity index (χ1v) is 6.59. The zero-order valence-corrected chi connectivity index (χ0v) is 13.4. The van der Waals surface area contributed by atoms with Crippen LogP contribution < -0.4 is 16.8 Å². The Bertz CT molecular complexity index is 230. The fraction of sp³-hybridized carbons (Fsp3) is 0.833. The van der Waals surface area contributed by atoms with Gasteiger partial charge in [-0.25, -0.2) is 0 Å². The van der Waals surface area contributed by atoms with Gasteiger partial charge in [-0.2, -0.15) is 4.99 Å². The first-order valence-electron chi connectivity index (χ1n) is 6.59. The molecule has 5 nitrogen and oxygen atoms in total. The highest BCUT2D eigenvalue weighted by atomic mass is 35.5. The van der Waals surface area contributed by atoms with E-state index in [2.05, 4.69) is 17.2 Å². The lowest BCUT2D eigenvalue weighted by molar-refractivity contribution is 0.572. The van der Waals surface area contributed by atoms with Crippen molar-refractivity contribution in [3.8, 4) is 0 Å². The van der Waals surface area contributed by atoms with Crippen molar-refractivity contribution in [3.05, 3.63) is 0 Å². The topological polar surface area (TPSA) is 100 Å². The van der Waals surface area contributed by atoms with Crippen molar-refractivity contribution < 1.29 is 0 Å². The van der Waals surface area contributed by atoms with Crippen LogP contribution >= 0.6 is 24.8 Å². The molecular formula is C12H29Cl2N5. The molecule has 19 heavy (non-hydrogen) atoms. The van der Waals surface area contributed by atoms with E-state index in [1.54, 1.807) is 0 Å². The smallest absolute Gasteiger partial charge is 0.218 e. The zero-order chi connectivity index (χ0) is 12.9. The maximum absolute atomic E-state index is 7.35. The number of nitrogens with one attached hydrogen (secondary N) is 2. The van der Waals surface area contributed by atoms with E-state index in [0.29, 0.717) is 0 Å². The molecule has 0 aromatic rings. The van der Waals surface area contributed by atoms with Crippen LogP contribution in [-0.2, 0) is 0 Å². The van der Waals surface area contributed by atoms with E-state index in [1.165, 1.54) is 44.9 Å². The van der Waals surface area contributed by atoms with Crippen LogP contribution in [0.15, 0.2) is 4.99 Å². The molecule has 0 heterocycles. The van der Waals surface area contributed by atoms with Crippen molar-refractivity contribution in [1.82, 2.24) is 5.32 Å². The molecule has 0 aliphatic rings. The van der Waals surface area contributed by atoms with Gasteiger partial charge in [-0.05, 0) is 6.42 Å². The molecule has 116 valence electrons. The van der Waals surface area contributed by atoms with E-state index in [9.17, 15) is 0 Å². The normalized spacial score (nSPS) is 8.89. The van der Waals surface area contributed by atoms with Gasteiger partial charge in [-0.1, -0.05) is 51.9 Å². The number of hydrogen-bond donors (Lipinski definition) is 4. The second-order valence-electron chi connectivity index (χ2n) is 4.29. The Kier molecular flexibility index (Phi) is 21.3. The molecule has 0 aliphatic carbocycles. The van der Waals surface area contributed by atoms with Crippen LogP contribution in [0.4, 0.5) is 0 Å². The Morgan fingerprint density at radius 3 is 1.89 bits per heavy atom. The molecule has 0 saturated heterocycles. The van der Waals surface area contributed by atoms with Crippen LogP contribution in [0, 0.1) is 5.41 Å². The molecule has 0 bridgehead atoms. The van der Waals surface area contributed by atoms with Gasteiger partial charge in [-0.15, -0.1) is 24.8 Å². The van der Waals surface area contributed by atoms with Gasteiger partial charge in [0.25, 0.3) is 0 Å². The summed E-state index contributed by atoms with van der Waals surface area (Å²) in [7, 11) is 0. The summed E-state index contributed by atoms with van der Waals surface area (Å²) in [6.45, 7) is 3.00. The summed E-state index contributed by atoms with van der Waals surface area (Å²) in [5.74, 6) is -0.0219. The summed E-state index contributed by atoms with van der Waals surface area (Å²) in [5.41, 5.74) is 10.3. The van der Waals surface area contributed by atoms with Crippen LogP contribution in [0.25, 0.3) is 0 Å². The number of nitrogens with two attached hydrogens (primary N) is 2. The summed E-state index contributed by atoms with van der Waals surface area (Å²) in [6.07, 6.45) is 10.2. The summed E-state index contributed by atoms with van der Waals surface area (Å²) >= 11 is 0. The summed E-state index contributed by atoms with van der Waals surface area (Å²) < 4.78 is 0. The number of hydrogen-bond acceptors (Lipinski definition) is 1. The Morgan fingerprint density at radius 2 is 1.42 bits per heavy atom. The van der Waals surface area contributed by atoms with Crippen LogP contribution in [0.3, 0.4) is 0 Å². The Hall–Kier alpha value is -0.680. The maximum Gasteiger partial charge on any atom is 0.218 e. The van der Waals surface area contributed by atoms with Crippen molar-refractivity contribution in [2.24, 2.45) is 16.5 Å². The third kappa shape index (κ3) is 19.8. The van der Waals surface area contributed by atoms with Gasteiger partial charge in [0.1, 0.15) is 0 Å². The van der Waals surface area contributed by atoms with E-state index in [1.807, 2.05) is 0 Å². The third-order valence-corrected chi connectivity index (χ3v) is 2.56. The van der Waals surface area contributed by atoms with E-state index < -0.39 is 0 Å². The minimum absolute atomic E-state index is 0. The molecule has 0 saturated carbocycles. The van der Waals surface area contributed by atoms with Crippen LogP contribution in [0.2, 0.25) is 0 Å². The molecule has 0 fully saturated rings. The van der Waals surface area contributed by atoms with E-state index in [0.717, 1.165) is 13.0 Å². The average molecular weight is 314 g/mol. The largest absolute Gasteiger partial charge is 0.370 e. The number of guanidine groups is 2. The van der Waals surface area contributed by atoms with Gasteiger partial charge >= 0.3 is 0 Å². The monoisotopic (exact) mass is 313 g/mol.